The maximum absolute atomic E-state index is 14.2. The third-order valence-corrected chi connectivity index (χ3v) is 6.53. The SMILES string of the molecule is COc1ccc(/C=C2\SC(=Nc3ccccc3F)N(C3CCCCC3)C2=O)cc1[N+](=O)[O-]. The van der Waals surface area contributed by atoms with Gasteiger partial charge in [0.25, 0.3) is 5.91 Å². The van der Waals surface area contributed by atoms with Crippen LogP contribution in [0.15, 0.2) is 52.4 Å². The van der Waals surface area contributed by atoms with Crippen molar-refractivity contribution >= 4 is 40.3 Å². The summed E-state index contributed by atoms with van der Waals surface area (Å²) in [5.41, 5.74) is 0.496. The van der Waals surface area contributed by atoms with Crippen molar-refractivity contribution in [2.24, 2.45) is 4.99 Å². The summed E-state index contributed by atoms with van der Waals surface area (Å²) in [6.45, 7) is 0. The highest BCUT2D eigenvalue weighted by atomic mass is 32.2. The molecular weight excluding hydrogens is 433 g/mol. The van der Waals surface area contributed by atoms with Crippen molar-refractivity contribution in [3.05, 3.63) is 68.9 Å². The van der Waals surface area contributed by atoms with Gasteiger partial charge in [0.2, 0.25) is 0 Å². The number of amides is 1. The van der Waals surface area contributed by atoms with E-state index in [0.29, 0.717) is 15.6 Å². The Morgan fingerprint density at radius 2 is 1.97 bits per heavy atom. The molecular formula is C23H22FN3O4S. The monoisotopic (exact) mass is 455 g/mol. The van der Waals surface area contributed by atoms with Gasteiger partial charge >= 0.3 is 5.69 Å². The minimum Gasteiger partial charge on any atom is -0.490 e. The number of carbonyl (C=O) groups excluding carboxylic acids is 1. The van der Waals surface area contributed by atoms with Crippen LogP contribution in [0.3, 0.4) is 0 Å². The van der Waals surface area contributed by atoms with Crippen LogP contribution in [0.25, 0.3) is 6.08 Å². The summed E-state index contributed by atoms with van der Waals surface area (Å²) >= 11 is 1.16. The molecule has 1 amide bonds. The number of nitro groups is 1. The number of methoxy groups -OCH3 is 1. The zero-order valence-electron chi connectivity index (χ0n) is 17.5. The summed E-state index contributed by atoms with van der Waals surface area (Å²) in [7, 11) is 1.37. The van der Waals surface area contributed by atoms with E-state index in [-0.39, 0.29) is 29.1 Å². The van der Waals surface area contributed by atoms with Crippen molar-refractivity contribution in [2.75, 3.05) is 7.11 Å². The summed E-state index contributed by atoms with van der Waals surface area (Å²) in [4.78, 5) is 30.7. The maximum Gasteiger partial charge on any atom is 0.311 e. The van der Waals surface area contributed by atoms with Gasteiger partial charge in [-0.2, -0.15) is 0 Å². The topological polar surface area (TPSA) is 85.0 Å². The summed E-state index contributed by atoms with van der Waals surface area (Å²) in [6, 6.07) is 10.7. The van der Waals surface area contributed by atoms with Gasteiger partial charge in [0, 0.05) is 12.1 Å². The van der Waals surface area contributed by atoms with Gasteiger partial charge in [0.15, 0.2) is 10.9 Å². The van der Waals surface area contributed by atoms with E-state index in [1.54, 1.807) is 35.2 Å². The smallest absolute Gasteiger partial charge is 0.311 e. The molecule has 0 radical (unpaired) electrons. The first-order chi connectivity index (χ1) is 15.5. The molecule has 1 aliphatic carbocycles. The molecule has 1 aliphatic heterocycles. The average molecular weight is 456 g/mol. The van der Waals surface area contributed by atoms with E-state index in [1.807, 2.05) is 0 Å². The molecule has 2 fully saturated rings. The molecule has 7 nitrogen and oxygen atoms in total. The van der Waals surface area contributed by atoms with Crippen LogP contribution in [0, 0.1) is 15.9 Å². The number of carbonyl (C=O) groups is 1. The highest BCUT2D eigenvalue weighted by Gasteiger charge is 2.38. The molecule has 0 aromatic heterocycles. The molecule has 1 heterocycles. The number of hydrogen-bond donors (Lipinski definition) is 0. The molecule has 0 N–H and O–H groups in total. The highest BCUT2D eigenvalue weighted by molar-refractivity contribution is 8.18. The van der Waals surface area contributed by atoms with Crippen LogP contribution in [0.4, 0.5) is 15.8 Å². The molecule has 1 saturated heterocycles. The highest BCUT2D eigenvalue weighted by Crippen LogP contribution is 2.39. The minimum absolute atomic E-state index is 0.00498. The summed E-state index contributed by atoms with van der Waals surface area (Å²) < 4.78 is 19.3. The Hall–Kier alpha value is -3.20. The first-order valence-corrected chi connectivity index (χ1v) is 11.2. The van der Waals surface area contributed by atoms with Crippen LogP contribution in [-0.4, -0.2) is 34.0 Å². The first kappa shape index (κ1) is 22.0. The number of ether oxygens (including phenoxy) is 1. The van der Waals surface area contributed by atoms with Crippen molar-refractivity contribution in [3.8, 4) is 5.75 Å². The van der Waals surface area contributed by atoms with Crippen LogP contribution in [0.5, 0.6) is 5.75 Å². The van der Waals surface area contributed by atoms with Crippen molar-refractivity contribution < 1.29 is 18.8 Å². The number of hydrogen-bond acceptors (Lipinski definition) is 6. The van der Waals surface area contributed by atoms with Crippen LogP contribution < -0.4 is 4.74 Å². The molecule has 0 bridgehead atoms. The fourth-order valence-electron chi connectivity index (χ4n) is 3.96. The molecule has 2 aromatic carbocycles. The molecule has 0 spiro atoms. The van der Waals surface area contributed by atoms with E-state index in [9.17, 15) is 19.3 Å². The Balaban J connectivity index is 1.73. The Kier molecular flexibility index (Phi) is 6.55. The fourth-order valence-corrected chi connectivity index (χ4v) is 5.01. The van der Waals surface area contributed by atoms with E-state index in [4.69, 9.17) is 4.74 Å². The van der Waals surface area contributed by atoms with E-state index < -0.39 is 10.7 Å². The lowest BCUT2D eigenvalue weighted by molar-refractivity contribution is -0.385. The summed E-state index contributed by atoms with van der Waals surface area (Å²) in [6.07, 6.45) is 6.52. The van der Waals surface area contributed by atoms with E-state index in [2.05, 4.69) is 4.99 Å². The molecule has 0 atom stereocenters. The second-order valence-electron chi connectivity index (χ2n) is 7.61. The van der Waals surface area contributed by atoms with Gasteiger partial charge in [-0.15, -0.1) is 0 Å². The van der Waals surface area contributed by atoms with Gasteiger partial charge in [0.1, 0.15) is 11.5 Å². The molecule has 1 saturated carbocycles. The lowest BCUT2D eigenvalue weighted by atomic mass is 9.94. The number of rotatable bonds is 5. The largest absolute Gasteiger partial charge is 0.490 e. The van der Waals surface area contributed by atoms with Gasteiger partial charge in [-0.05, 0) is 54.4 Å². The van der Waals surface area contributed by atoms with Crippen molar-refractivity contribution in [2.45, 2.75) is 38.1 Å². The quantitative estimate of drug-likeness (QED) is 0.329. The van der Waals surface area contributed by atoms with E-state index in [0.717, 1.165) is 43.9 Å². The van der Waals surface area contributed by atoms with Crippen molar-refractivity contribution in [1.29, 1.82) is 0 Å². The number of halogens is 1. The predicted molar refractivity (Wildman–Crippen MR) is 122 cm³/mol. The number of thioether (sulfide) groups is 1. The molecule has 9 heteroatoms. The third-order valence-electron chi connectivity index (χ3n) is 5.54. The normalized spacial score (nSPS) is 19.7. The molecule has 4 rings (SSSR count). The molecule has 2 aliphatic rings. The Bertz CT molecular complexity index is 1110. The molecule has 0 unspecified atom stereocenters. The number of amidine groups is 1. The average Bonchev–Trinajstić information content (AvgIpc) is 3.10. The summed E-state index contributed by atoms with van der Waals surface area (Å²) in [5.74, 6) is -0.525. The standard InChI is InChI=1S/C23H22FN3O4S/c1-31-20-12-11-15(13-19(20)27(29)30)14-21-22(28)26(16-7-3-2-4-8-16)23(32-21)25-18-10-6-5-9-17(18)24/h5-6,9-14,16H,2-4,7-8H2,1H3/b21-14-,25-23?. The van der Waals surface area contributed by atoms with Gasteiger partial charge in [-0.25, -0.2) is 9.38 Å². The number of aliphatic imine (C=N–C) groups is 1. The van der Waals surface area contributed by atoms with Crippen LogP contribution in [0.2, 0.25) is 0 Å². The number of nitrogens with zero attached hydrogens (tertiary/aromatic N) is 3. The predicted octanol–water partition coefficient (Wildman–Crippen LogP) is 5.68. The lowest BCUT2D eigenvalue weighted by Crippen LogP contribution is -2.40. The fraction of sp³-hybridized carbons (Fsp3) is 0.304. The Labute approximate surface area is 189 Å². The van der Waals surface area contributed by atoms with Gasteiger partial charge in [0.05, 0.1) is 16.9 Å². The second-order valence-corrected chi connectivity index (χ2v) is 8.62. The van der Waals surface area contributed by atoms with Gasteiger partial charge in [-0.3, -0.25) is 19.8 Å². The van der Waals surface area contributed by atoms with Crippen LogP contribution in [0.1, 0.15) is 37.7 Å². The minimum atomic E-state index is -0.524. The van der Waals surface area contributed by atoms with E-state index >= 15 is 0 Å². The number of para-hydroxylation sites is 1. The van der Waals surface area contributed by atoms with Crippen LogP contribution in [-0.2, 0) is 4.79 Å². The van der Waals surface area contributed by atoms with Gasteiger partial charge < -0.3 is 4.74 Å². The maximum atomic E-state index is 14.2. The van der Waals surface area contributed by atoms with Crippen molar-refractivity contribution in [3.63, 3.8) is 0 Å². The van der Waals surface area contributed by atoms with Crippen LogP contribution >= 0.6 is 11.8 Å². The van der Waals surface area contributed by atoms with Gasteiger partial charge in [-0.1, -0.05) is 37.5 Å². The number of nitro benzene ring substituents is 1. The lowest BCUT2D eigenvalue weighted by Gasteiger charge is -2.30. The first-order valence-electron chi connectivity index (χ1n) is 10.4. The third kappa shape index (κ3) is 4.52. The second kappa shape index (κ2) is 9.52. The number of benzene rings is 2. The Morgan fingerprint density at radius 1 is 1.22 bits per heavy atom. The molecule has 2 aromatic rings. The van der Waals surface area contributed by atoms with E-state index in [1.165, 1.54) is 25.3 Å². The summed E-state index contributed by atoms with van der Waals surface area (Å²) in [5, 5.41) is 11.8. The zero-order valence-corrected chi connectivity index (χ0v) is 18.3. The van der Waals surface area contributed by atoms with Crippen molar-refractivity contribution in [1.82, 2.24) is 4.90 Å². The molecule has 166 valence electrons. The molecule has 32 heavy (non-hydrogen) atoms. The Morgan fingerprint density at radius 3 is 2.66 bits per heavy atom. The zero-order chi connectivity index (χ0) is 22.7.